The second-order valence-electron chi connectivity index (χ2n) is 4.75. The zero-order valence-corrected chi connectivity index (χ0v) is 12.3. The van der Waals surface area contributed by atoms with Gasteiger partial charge in [-0.1, -0.05) is 12.1 Å². The molecular formula is C14H21ClN2O3. The molecule has 0 aliphatic heterocycles. The molecule has 0 bridgehead atoms. The molecule has 6 heteroatoms. The lowest BCUT2D eigenvalue weighted by molar-refractivity contribution is -0.120. The first-order valence-electron chi connectivity index (χ1n) is 6.51. The fourth-order valence-electron chi connectivity index (χ4n) is 1.74. The minimum Gasteiger partial charge on any atom is -0.497 e. The number of aliphatic hydroxyl groups excluding tert-OH is 1. The van der Waals surface area contributed by atoms with Gasteiger partial charge in [0.1, 0.15) is 5.75 Å². The molecule has 3 N–H and O–H groups in total. The summed E-state index contributed by atoms with van der Waals surface area (Å²) in [5, 5.41) is 15.8. The second kappa shape index (κ2) is 8.09. The Bertz CT molecular complexity index is 421. The quantitative estimate of drug-likeness (QED) is 0.703. The number of nitrogens with one attached hydrogen (secondary N) is 2. The highest BCUT2D eigenvalue weighted by atomic mass is 35.5. The van der Waals surface area contributed by atoms with E-state index >= 15 is 0 Å². The second-order valence-corrected chi connectivity index (χ2v) is 4.75. The Hall–Kier alpha value is -1.30. The van der Waals surface area contributed by atoms with Gasteiger partial charge < -0.3 is 20.5 Å². The number of ether oxygens (including phenoxy) is 1. The third-order valence-corrected chi connectivity index (χ3v) is 3.12. The lowest BCUT2D eigenvalue weighted by atomic mass is 10.1. The maximum absolute atomic E-state index is 11.5. The molecule has 1 aromatic rings. The number of carbonyl (C=O) groups excluding carboxylic acids is 1. The first-order chi connectivity index (χ1) is 9.19. The molecule has 0 spiro atoms. The average molecular weight is 301 g/mol. The van der Waals surface area contributed by atoms with Crippen LogP contribution in [0.15, 0.2) is 24.3 Å². The lowest BCUT2D eigenvalue weighted by Gasteiger charge is -2.13. The molecule has 1 aliphatic rings. The maximum Gasteiger partial charge on any atom is 0.234 e. The summed E-state index contributed by atoms with van der Waals surface area (Å²) in [5.41, 5.74) is 0.760. The number of rotatable bonds is 7. The standard InChI is InChI=1S/C14H20N2O3.ClH/c1-19-12-6-2-10(3-7-12)13(17)8-16-14(18)9-15-11-4-5-11;/h2-3,6-7,11,13,15,17H,4-5,8-9H2,1H3,(H,16,18);1H. The van der Waals surface area contributed by atoms with Gasteiger partial charge in [-0.15, -0.1) is 12.4 Å². The van der Waals surface area contributed by atoms with Gasteiger partial charge in [-0.2, -0.15) is 0 Å². The van der Waals surface area contributed by atoms with Gasteiger partial charge in [-0.05, 0) is 30.5 Å². The largest absolute Gasteiger partial charge is 0.497 e. The van der Waals surface area contributed by atoms with Crippen molar-refractivity contribution in [2.24, 2.45) is 0 Å². The molecule has 0 aromatic heterocycles. The van der Waals surface area contributed by atoms with Crippen molar-refractivity contribution in [2.75, 3.05) is 20.2 Å². The van der Waals surface area contributed by atoms with Crippen LogP contribution in [0.1, 0.15) is 24.5 Å². The van der Waals surface area contributed by atoms with Crippen molar-refractivity contribution >= 4 is 18.3 Å². The molecule has 1 fully saturated rings. The molecule has 0 radical (unpaired) electrons. The van der Waals surface area contributed by atoms with Crippen LogP contribution in [0.3, 0.4) is 0 Å². The fourth-order valence-corrected chi connectivity index (χ4v) is 1.74. The van der Waals surface area contributed by atoms with Gasteiger partial charge in [0.25, 0.3) is 0 Å². The van der Waals surface area contributed by atoms with E-state index in [1.54, 1.807) is 31.4 Å². The topological polar surface area (TPSA) is 70.6 Å². The summed E-state index contributed by atoms with van der Waals surface area (Å²) in [6.45, 7) is 0.539. The van der Waals surface area contributed by atoms with E-state index in [2.05, 4.69) is 10.6 Å². The highest BCUT2D eigenvalue weighted by molar-refractivity contribution is 5.85. The molecule has 112 valence electrons. The van der Waals surface area contributed by atoms with E-state index in [0.29, 0.717) is 12.6 Å². The Morgan fingerprint density at radius 3 is 2.60 bits per heavy atom. The van der Waals surface area contributed by atoms with Crippen molar-refractivity contribution < 1.29 is 14.6 Å². The molecule has 1 aromatic carbocycles. The van der Waals surface area contributed by atoms with Crippen LogP contribution in [0.25, 0.3) is 0 Å². The van der Waals surface area contributed by atoms with Crippen molar-refractivity contribution in [3.05, 3.63) is 29.8 Å². The number of halogens is 1. The van der Waals surface area contributed by atoms with Gasteiger partial charge in [-0.3, -0.25) is 4.79 Å². The fraction of sp³-hybridized carbons (Fsp3) is 0.500. The molecule has 20 heavy (non-hydrogen) atoms. The Morgan fingerprint density at radius 1 is 1.40 bits per heavy atom. The van der Waals surface area contributed by atoms with Gasteiger partial charge >= 0.3 is 0 Å². The van der Waals surface area contributed by atoms with Crippen molar-refractivity contribution in [3.63, 3.8) is 0 Å². The highest BCUT2D eigenvalue weighted by Crippen LogP contribution is 2.18. The molecule has 1 atom stereocenters. The normalized spacial score (nSPS) is 15.1. The summed E-state index contributed by atoms with van der Waals surface area (Å²) in [7, 11) is 1.60. The molecule has 0 heterocycles. The minimum atomic E-state index is -0.698. The summed E-state index contributed by atoms with van der Waals surface area (Å²) >= 11 is 0. The van der Waals surface area contributed by atoms with Gasteiger partial charge in [-0.25, -0.2) is 0 Å². The average Bonchev–Trinajstić information content (AvgIpc) is 3.26. The first-order valence-corrected chi connectivity index (χ1v) is 6.51. The van der Waals surface area contributed by atoms with Gasteiger partial charge in [0.2, 0.25) is 5.91 Å². The SMILES string of the molecule is COc1ccc(C(O)CNC(=O)CNC2CC2)cc1.Cl. The Labute approximate surface area is 125 Å². The number of amides is 1. The highest BCUT2D eigenvalue weighted by Gasteiger charge is 2.21. The monoisotopic (exact) mass is 300 g/mol. The summed E-state index contributed by atoms with van der Waals surface area (Å²) in [6.07, 6.45) is 1.61. The Morgan fingerprint density at radius 2 is 2.05 bits per heavy atom. The summed E-state index contributed by atoms with van der Waals surface area (Å²) in [6, 6.07) is 7.66. The number of hydrogen-bond acceptors (Lipinski definition) is 4. The minimum absolute atomic E-state index is 0. The first kappa shape index (κ1) is 16.8. The van der Waals surface area contributed by atoms with Crippen molar-refractivity contribution in [1.82, 2.24) is 10.6 Å². The van der Waals surface area contributed by atoms with E-state index in [1.807, 2.05) is 0 Å². The predicted octanol–water partition coefficient (Wildman–Crippen LogP) is 1.02. The van der Waals surface area contributed by atoms with E-state index in [1.165, 1.54) is 0 Å². The molecule has 1 amide bonds. The van der Waals surface area contributed by atoms with Crippen LogP contribution in [0.2, 0.25) is 0 Å². The van der Waals surface area contributed by atoms with Crippen LogP contribution >= 0.6 is 12.4 Å². The van der Waals surface area contributed by atoms with E-state index in [4.69, 9.17) is 4.74 Å². The molecular weight excluding hydrogens is 280 g/mol. The third kappa shape index (κ3) is 5.36. The number of methoxy groups -OCH3 is 1. The number of hydrogen-bond donors (Lipinski definition) is 3. The van der Waals surface area contributed by atoms with Crippen LogP contribution in [-0.4, -0.2) is 37.3 Å². The van der Waals surface area contributed by atoms with Crippen LogP contribution in [0.5, 0.6) is 5.75 Å². The molecule has 1 unspecified atom stereocenters. The maximum atomic E-state index is 11.5. The van der Waals surface area contributed by atoms with E-state index in [0.717, 1.165) is 24.2 Å². The van der Waals surface area contributed by atoms with E-state index in [-0.39, 0.29) is 24.9 Å². The van der Waals surface area contributed by atoms with Crippen LogP contribution in [0.4, 0.5) is 0 Å². The van der Waals surface area contributed by atoms with Crippen molar-refractivity contribution in [3.8, 4) is 5.75 Å². The molecule has 1 saturated carbocycles. The van der Waals surface area contributed by atoms with E-state index in [9.17, 15) is 9.90 Å². The van der Waals surface area contributed by atoms with E-state index < -0.39 is 6.10 Å². The number of aliphatic hydroxyl groups is 1. The summed E-state index contributed by atoms with van der Waals surface area (Å²) in [5.74, 6) is 0.660. The van der Waals surface area contributed by atoms with Crippen LogP contribution in [0, 0.1) is 0 Å². The smallest absolute Gasteiger partial charge is 0.234 e. The van der Waals surface area contributed by atoms with Crippen molar-refractivity contribution in [2.45, 2.75) is 25.0 Å². The Kier molecular flexibility index (Phi) is 6.78. The molecule has 1 aliphatic carbocycles. The number of carbonyl (C=O) groups is 1. The van der Waals surface area contributed by atoms with Crippen molar-refractivity contribution in [1.29, 1.82) is 0 Å². The summed E-state index contributed by atoms with van der Waals surface area (Å²) < 4.78 is 5.05. The molecule has 2 rings (SSSR count). The van der Waals surface area contributed by atoms with Gasteiger partial charge in [0.05, 0.1) is 19.8 Å². The van der Waals surface area contributed by atoms with Crippen LogP contribution < -0.4 is 15.4 Å². The zero-order chi connectivity index (χ0) is 13.7. The van der Waals surface area contributed by atoms with Crippen LogP contribution in [-0.2, 0) is 4.79 Å². The number of benzene rings is 1. The lowest BCUT2D eigenvalue weighted by Crippen LogP contribution is -2.36. The third-order valence-electron chi connectivity index (χ3n) is 3.12. The Balaban J connectivity index is 0.00000200. The predicted molar refractivity (Wildman–Crippen MR) is 79.2 cm³/mol. The van der Waals surface area contributed by atoms with Gasteiger partial charge in [0.15, 0.2) is 0 Å². The molecule has 0 saturated heterocycles. The van der Waals surface area contributed by atoms with Gasteiger partial charge in [0, 0.05) is 12.6 Å². The molecule has 5 nitrogen and oxygen atoms in total. The zero-order valence-electron chi connectivity index (χ0n) is 11.5. The summed E-state index contributed by atoms with van der Waals surface area (Å²) in [4.78, 5) is 11.5.